The third-order valence-corrected chi connectivity index (χ3v) is 6.35. The van der Waals surface area contributed by atoms with Crippen molar-refractivity contribution < 1.29 is 14.0 Å². The van der Waals surface area contributed by atoms with Gasteiger partial charge in [0.25, 0.3) is 5.91 Å². The Morgan fingerprint density at radius 3 is 2.43 bits per heavy atom. The molecule has 1 N–H and O–H groups in total. The summed E-state index contributed by atoms with van der Waals surface area (Å²) in [5.41, 5.74) is 1.55. The first-order valence-electron chi connectivity index (χ1n) is 9.59. The van der Waals surface area contributed by atoms with Crippen LogP contribution < -0.4 is 5.32 Å². The average Bonchev–Trinajstić information content (AvgIpc) is 3.33. The molecule has 1 aliphatic heterocycles. The van der Waals surface area contributed by atoms with Crippen molar-refractivity contribution in [2.45, 2.75) is 37.1 Å². The molecule has 2 fully saturated rings. The van der Waals surface area contributed by atoms with Gasteiger partial charge in [-0.05, 0) is 67.6 Å². The van der Waals surface area contributed by atoms with Crippen LogP contribution >= 0.6 is 15.9 Å². The largest absolute Gasteiger partial charge is 0.353 e. The highest BCUT2D eigenvalue weighted by atomic mass is 79.9. The predicted octanol–water partition coefficient (Wildman–Crippen LogP) is 4.04. The zero-order valence-electron chi connectivity index (χ0n) is 15.5. The van der Waals surface area contributed by atoms with E-state index in [0.29, 0.717) is 25.1 Å². The molecular formula is C22H22BrFN2O2. The Hall–Kier alpha value is -2.21. The molecule has 146 valence electrons. The quantitative estimate of drug-likeness (QED) is 0.756. The van der Waals surface area contributed by atoms with Crippen molar-refractivity contribution >= 4 is 27.7 Å². The Kier molecular flexibility index (Phi) is 5.23. The minimum atomic E-state index is -0.430. The van der Waals surface area contributed by atoms with Crippen LogP contribution in [0.4, 0.5) is 4.39 Å². The van der Waals surface area contributed by atoms with E-state index in [9.17, 15) is 14.0 Å². The van der Waals surface area contributed by atoms with Gasteiger partial charge in [-0.3, -0.25) is 9.59 Å². The van der Waals surface area contributed by atoms with Crippen LogP contribution in [0.2, 0.25) is 0 Å². The fourth-order valence-corrected chi connectivity index (χ4v) is 4.20. The number of hydrogen-bond donors (Lipinski definition) is 1. The first-order valence-corrected chi connectivity index (χ1v) is 10.4. The van der Waals surface area contributed by atoms with Crippen LogP contribution in [0.15, 0.2) is 53.0 Å². The lowest BCUT2D eigenvalue weighted by molar-refractivity contribution is -0.124. The maximum atomic E-state index is 13.2. The van der Waals surface area contributed by atoms with Crippen molar-refractivity contribution in [2.75, 3.05) is 13.1 Å². The molecule has 28 heavy (non-hydrogen) atoms. The number of amides is 2. The topological polar surface area (TPSA) is 49.4 Å². The number of benzene rings is 2. The average molecular weight is 445 g/mol. The molecule has 1 aliphatic carbocycles. The maximum absolute atomic E-state index is 13.2. The van der Waals surface area contributed by atoms with E-state index in [-0.39, 0.29) is 23.0 Å². The number of nitrogens with one attached hydrogen (secondary N) is 1. The van der Waals surface area contributed by atoms with Crippen molar-refractivity contribution in [3.63, 3.8) is 0 Å². The third kappa shape index (κ3) is 3.83. The fourth-order valence-electron chi connectivity index (χ4n) is 3.94. The van der Waals surface area contributed by atoms with Crippen LogP contribution in [-0.4, -0.2) is 35.8 Å². The molecule has 4 rings (SSSR count). The summed E-state index contributed by atoms with van der Waals surface area (Å²) in [6.07, 6.45) is 3.46. The lowest BCUT2D eigenvalue weighted by atomic mass is 9.96. The van der Waals surface area contributed by atoms with Gasteiger partial charge < -0.3 is 10.2 Å². The Labute approximate surface area is 172 Å². The van der Waals surface area contributed by atoms with E-state index in [1.807, 2.05) is 12.1 Å². The first kappa shape index (κ1) is 19.1. The summed E-state index contributed by atoms with van der Waals surface area (Å²) in [5.74, 6) is -0.460. The normalized spacial score (nSPS) is 20.1. The molecule has 6 heteroatoms. The van der Waals surface area contributed by atoms with Crippen molar-refractivity contribution in [1.29, 1.82) is 0 Å². The van der Waals surface area contributed by atoms with Gasteiger partial charge in [-0.15, -0.1) is 0 Å². The van der Waals surface area contributed by atoms with Gasteiger partial charge in [-0.25, -0.2) is 4.39 Å². The lowest BCUT2D eigenvalue weighted by Crippen LogP contribution is -2.47. The first-order chi connectivity index (χ1) is 13.5. The summed E-state index contributed by atoms with van der Waals surface area (Å²) >= 11 is 3.37. The molecule has 2 aromatic rings. The van der Waals surface area contributed by atoms with E-state index in [1.54, 1.807) is 29.2 Å². The Bertz CT molecular complexity index is 878. The smallest absolute Gasteiger partial charge is 0.254 e. The van der Waals surface area contributed by atoms with Gasteiger partial charge in [0.1, 0.15) is 11.9 Å². The zero-order chi connectivity index (χ0) is 19.7. The molecule has 2 aliphatic rings. The highest BCUT2D eigenvalue weighted by Crippen LogP contribution is 2.47. The van der Waals surface area contributed by atoms with Crippen molar-refractivity contribution in [3.8, 4) is 0 Å². The fraction of sp³-hybridized carbons (Fsp3) is 0.364. The number of carbonyl (C=O) groups excluding carboxylic acids is 2. The van der Waals surface area contributed by atoms with Crippen molar-refractivity contribution in [2.24, 2.45) is 0 Å². The molecule has 1 saturated carbocycles. The number of likely N-dealkylation sites (tertiary alicyclic amines) is 1. The van der Waals surface area contributed by atoms with Crippen LogP contribution in [0.3, 0.4) is 0 Å². The minimum absolute atomic E-state index is 0.0947. The highest BCUT2D eigenvalue weighted by molar-refractivity contribution is 9.10. The second-order valence-electron chi connectivity index (χ2n) is 7.67. The summed E-state index contributed by atoms with van der Waals surface area (Å²) in [4.78, 5) is 27.3. The maximum Gasteiger partial charge on any atom is 0.254 e. The van der Waals surface area contributed by atoms with Gasteiger partial charge in [-0.1, -0.05) is 28.1 Å². The molecule has 1 saturated heterocycles. The van der Waals surface area contributed by atoms with Gasteiger partial charge in [0, 0.05) is 28.5 Å². The molecule has 1 atom stereocenters. The Balaban J connectivity index is 1.40. The summed E-state index contributed by atoms with van der Waals surface area (Å²) < 4.78 is 14.1. The molecule has 2 amide bonds. The minimum Gasteiger partial charge on any atom is -0.353 e. The van der Waals surface area contributed by atoms with Crippen LogP contribution in [0.25, 0.3) is 0 Å². The van der Waals surface area contributed by atoms with Crippen molar-refractivity contribution in [3.05, 3.63) is 69.9 Å². The number of halogens is 2. The Morgan fingerprint density at radius 2 is 1.79 bits per heavy atom. The van der Waals surface area contributed by atoms with Crippen LogP contribution in [0.5, 0.6) is 0 Å². The molecule has 2 aromatic carbocycles. The standard InChI is InChI=1S/C22H22BrFN2O2/c23-17-7-3-15(4-8-17)21(28)26-13-1-2-19(26)20(27)25-14-22(11-12-22)16-5-9-18(24)10-6-16/h3-10,19H,1-2,11-14H2,(H,25,27). The third-order valence-electron chi connectivity index (χ3n) is 5.82. The summed E-state index contributed by atoms with van der Waals surface area (Å²) in [6.45, 7) is 1.12. The lowest BCUT2D eigenvalue weighted by Gasteiger charge is -2.25. The second kappa shape index (κ2) is 7.66. The monoisotopic (exact) mass is 444 g/mol. The van der Waals surface area contributed by atoms with Gasteiger partial charge in [0.05, 0.1) is 0 Å². The molecule has 0 radical (unpaired) electrons. The molecule has 0 bridgehead atoms. The molecule has 1 heterocycles. The van der Waals surface area contributed by atoms with Gasteiger partial charge in [0.15, 0.2) is 0 Å². The molecule has 0 spiro atoms. The molecule has 4 nitrogen and oxygen atoms in total. The number of nitrogens with zero attached hydrogens (tertiary/aromatic N) is 1. The van der Waals surface area contributed by atoms with Gasteiger partial charge in [0.2, 0.25) is 5.91 Å². The molecule has 1 unspecified atom stereocenters. The number of rotatable bonds is 5. The molecule has 0 aromatic heterocycles. The van der Waals surface area contributed by atoms with E-state index in [4.69, 9.17) is 0 Å². The molecular weight excluding hydrogens is 423 g/mol. The van der Waals surface area contributed by atoms with Crippen LogP contribution in [0.1, 0.15) is 41.6 Å². The summed E-state index contributed by atoms with van der Waals surface area (Å²) in [7, 11) is 0. The Morgan fingerprint density at radius 1 is 1.11 bits per heavy atom. The van der Waals surface area contributed by atoms with E-state index in [2.05, 4.69) is 21.2 Å². The van der Waals surface area contributed by atoms with Crippen LogP contribution in [0, 0.1) is 5.82 Å². The van der Waals surface area contributed by atoms with E-state index < -0.39 is 6.04 Å². The van der Waals surface area contributed by atoms with Gasteiger partial charge >= 0.3 is 0 Å². The zero-order valence-corrected chi connectivity index (χ0v) is 17.0. The van der Waals surface area contributed by atoms with E-state index in [0.717, 1.165) is 29.3 Å². The summed E-state index contributed by atoms with van der Waals surface area (Å²) in [6, 6.07) is 13.3. The van der Waals surface area contributed by atoms with Crippen molar-refractivity contribution in [1.82, 2.24) is 10.2 Å². The van der Waals surface area contributed by atoms with E-state index in [1.165, 1.54) is 12.1 Å². The van der Waals surface area contributed by atoms with Gasteiger partial charge in [-0.2, -0.15) is 0 Å². The summed E-state index contributed by atoms with van der Waals surface area (Å²) in [5, 5.41) is 3.05. The SMILES string of the molecule is O=C(NCC1(c2ccc(F)cc2)CC1)C1CCCN1C(=O)c1ccc(Br)cc1. The number of hydrogen-bond acceptors (Lipinski definition) is 2. The van der Waals surface area contributed by atoms with Crippen LogP contribution in [-0.2, 0) is 10.2 Å². The second-order valence-corrected chi connectivity index (χ2v) is 8.58. The van der Waals surface area contributed by atoms with E-state index >= 15 is 0 Å². The number of carbonyl (C=O) groups is 2. The highest BCUT2D eigenvalue weighted by Gasteiger charge is 2.45. The predicted molar refractivity (Wildman–Crippen MR) is 109 cm³/mol.